The minimum atomic E-state index is -0.346. The van der Waals surface area contributed by atoms with Crippen LogP contribution in [0, 0.1) is 0 Å². The van der Waals surface area contributed by atoms with Crippen molar-refractivity contribution in [1.82, 2.24) is 4.90 Å². The van der Waals surface area contributed by atoms with Gasteiger partial charge in [-0.1, -0.05) is 152 Å². The Morgan fingerprint density at radius 3 is 1.53 bits per heavy atom. The van der Waals surface area contributed by atoms with Crippen LogP contribution in [0.1, 0.15) is 181 Å². The van der Waals surface area contributed by atoms with Gasteiger partial charge in [0.1, 0.15) is 0 Å². The van der Waals surface area contributed by atoms with Gasteiger partial charge < -0.3 is 14.4 Å². The van der Waals surface area contributed by atoms with Crippen LogP contribution in [0.5, 0.6) is 0 Å². The zero-order valence-electron chi connectivity index (χ0n) is 31.5. The van der Waals surface area contributed by atoms with E-state index in [-0.39, 0.29) is 11.4 Å². The number of likely N-dealkylation sites (N-methyl/N-ethyl adjacent to an activating group) is 1. The Kier molecular flexibility index (Phi) is 25.2. The van der Waals surface area contributed by atoms with Gasteiger partial charge in [0, 0.05) is 6.42 Å². The van der Waals surface area contributed by atoms with Crippen molar-refractivity contribution in [2.45, 2.75) is 192 Å². The van der Waals surface area contributed by atoms with Gasteiger partial charge >= 0.3 is 0 Å². The number of unbranched alkanes of at least 4 members (excludes halogenated alkanes) is 15. The quantitative estimate of drug-likeness (QED) is 0.0593. The third-order valence-corrected chi connectivity index (χ3v) is 9.98. The van der Waals surface area contributed by atoms with Gasteiger partial charge in [0.05, 0.1) is 18.8 Å². The van der Waals surface area contributed by atoms with Crippen molar-refractivity contribution in [2.24, 2.45) is 0 Å². The van der Waals surface area contributed by atoms with Crippen LogP contribution in [0.3, 0.4) is 0 Å². The molecule has 0 bridgehead atoms. The van der Waals surface area contributed by atoms with E-state index in [0.29, 0.717) is 0 Å². The normalized spacial score (nSPS) is 22.6. The van der Waals surface area contributed by atoms with Crippen molar-refractivity contribution in [2.75, 3.05) is 26.7 Å². The Morgan fingerprint density at radius 2 is 1.02 bits per heavy atom. The van der Waals surface area contributed by atoms with Crippen molar-refractivity contribution < 1.29 is 9.47 Å². The fraction of sp³-hybridized carbons (Fsp3) is 0.773. The molecule has 3 nitrogen and oxygen atoms in total. The molecule has 2 unspecified atom stereocenters. The minimum Gasteiger partial charge on any atom is -0.346 e. The molecule has 1 spiro atoms. The van der Waals surface area contributed by atoms with Crippen LogP contribution < -0.4 is 0 Å². The smallest absolute Gasteiger partial charge is 0.181 e. The number of nitrogens with zero attached hydrogens (tertiary/aromatic N) is 1. The summed E-state index contributed by atoms with van der Waals surface area (Å²) in [6.07, 6.45) is 55.9. The van der Waals surface area contributed by atoms with Gasteiger partial charge in [-0.15, -0.1) is 0 Å². The van der Waals surface area contributed by atoms with E-state index in [0.717, 1.165) is 51.8 Å². The lowest BCUT2D eigenvalue weighted by Gasteiger charge is -2.39. The van der Waals surface area contributed by atoms with E-state index in [2.05, 4.69) is 86.6 Å². The molecule has 2 rings (SSSR count). The molecule has 2 aliphatic heterocycles. The Hall–Kier alpha value is -1.42. The minimum absolute atomic E-state index is 0.0566. The molecule has 2 aliphatic rings. The van der Waals surface area contributed by atoms with Crippen LogP contribution in [0.15, 0.2) is 60.8 Å². The van der Waals surface area contributed by atoms with Crippen LogP contribution in [-0.4, -0.2) is 43.0 Å². The van der Waals surface area contributed by atoms with E-state index in [1.165, 1.54) is 135 Å². The standard InChI is InChI=1S/C44H77NO2/c1-4-6-8-10-12-14-16-18-20-22-24-26-28-30-32-34-37-43(42-46-44(47-43)39-36-40-45(3)41-44)38-35-33-31-29-27-25-23-21-19-17-15-13-11-9-7-5-2/h6,8,12-15,18-21H,4-5,7,9-11,16-17,22-42H2,1-3H3/b8-6-,14-12-,15-13-,20-18-,21-19-. The predicted molar refractivity (Wildman–Crippen MR) is 207 cm³/mol. The summed E-state index contributed by atoms with van der Waals surface area (Å²) in [7, 11) is 2.22. The summed E-state index contributed by atoms with van der Waals surface area (Å²) in [4.78, 5) is 2.40. The van der Waals surface area contributed by atoms with Gasteiger partial charge in [0.2, 0.25) is 0 Å². The highest BCUT2D eigenvalue weighted by Gasteiger charge is 2.50. The van der Waals surface area contributed by atoms with E-state index in [9.17, 15) is 0 Å². The maximum Gasteiger partial charge on any atom is 0.181 e. The summed E-state index contributed by atoms with van der Waals surface area (Å²) >= 11 is 0. The molecule has 2 fully saturated rings. The van der Waals surface area contributed by atoms with Gasteiger partial charge in [0.15, 0.2) is 5.79 Å². The van der Waals surface area contributed by atoms with Gasteiger partial charge in [-0.25, -0.2) is 0 Å². The third kappa shape index (κ3) is 21.3. The number of piperidine rings is 1. The lowest BCUT2D eigenvalue weighted by molar-refractivity contribution is -0.214. The van der Waals surface area contributed by atoms with Gasteiger partial charge in [-0.3, -0.25) is 0 Å². The first-order chi connectivity index (χ1) is 23.1. The van der Waals surface area contributed by atoms with E-state index in [4.69, 9.17) is 9.47 Å². The van der Waals surface area contributed by atoms with Crippen molar-refractivity contribution in [3.8, 4) is 0 Å². The molecule has 3 heteroatoms. The molecule has 0 radical (unpaired) electrons. The lowest BCUT2D eigenvalue weighted by Crippen LogP contribution is -2.49. The molecule has 47 heavy (non-hydrogen) atoms. The Labute approximate surface area is 293 Å². The molecular weight excluding hydrogens is 574 g/mol. The first-order valence-electron chi connectivity index (χ1n) is 20.4. The van der Waals surface area contributed by atoms with E-state index >= 15 is 0 Å². The van der Waals surface area contributed by atoms with Crippen LogP contribution in [-0.2, 0) is 9.47 Å². The molecule has 0 aromatic carbocycles. The van der Waals surface area contributed by atoms with E-state index in [1.807, 2.05) is 0 Å². The number of hydrogen-bond donors (Lipinski definition) is 0. The topological polar surface area (TPSA) is 21.7 Å². The SMILES string of the molecule is CC/C=C\C/C=C\C/C=C\CCCCCCCCC1(CCCCCCCC/C=C\C/C=C\CCCCC)COC2(CCCN(C)C2)O1. The molecule has 0 saturated carbocycles. The van der Waals surface area contributed by atoms with Gasteiger partial charge in [-0.2, -0.15) is 0 Å². The highest BCUT2D eigenvalue weighted by molar-refractivity contribution is 4.97. The summed E-state index contributed by atoms with van der Waals surface area (Å²) in [5, 5.41) is 0. The number of likely N-dealkylation sites (tertiary alicyclic amines) is 1. The van der Waals surface area contributed by atoms with E-state index in [1.54, 1.807) is 0 Å². The van der Waals surface area contributed by atoms with Crippen LogP contribution in [0.25, 0.3) is 0 Å². The average Bonchev–Trinajstić information content (AvgIpc) is 3.41. The third-order valence-electron chi connectivity index (χ3n) is 9.98. The molecule has 0 N–H and O–H groups in total. The van der Waals surface area contributed by atoms with Gasteiger partial charge in [-0.05, 0) is 97.1 Å². The zero-order valence-corrected chi connectivity index (χ0v) is 31.5. The maximum absolute atomic E-state index is 7.00. The van der Waals surface area contributed by atoms with Crippen LogP contribution in [0.2, 0.25) is 0 Å². The second-order valence-electron chi connectivity index (χ2n) is 14.6. The maximum atomic E-state index is 7.00. The summed E-state index contributed by atoms with van der Waals surface area (Å²) in [5.74, 6) is -0.346. The first-order valence-corrected chi connectivity index (χ1v) is 20.4. The summed E-state index contributed by atoms with van der Waals surface area (Å²) in [5.41, 5.74) is -0.0566. The molecule has 270 valence electrons. The van der Waals surface area contributed by atoms with E-state index < -0.39 is 0 Å². The number of rotatable bonds is 29. The molecular formula is C44H77NO2. The highest BCUT2D eigenvalue weighted by atomic mass is 16.8. The second kappa shape index (κ2) is 28.4. The molecule has 2 heterocycles. The Morgan fingerprint density at radius 1 is 0.553 bits per heavy atom. The predicted octanol–water partition coefficient (Wildman–Crippen LogP) is 13.4. The molecule has 2 saturated heterocycles. The summed E-state index contributed by atoms with van der Waals surface area (Å²) in [6.45, 7) is 7.35. The highest BCUT2D eigenvalue weighted by Crippen LogP contribution is 2.42. The molecule has 2 atom stereocenters. The Bertz CT molecular complexity index is 872. The fourth-order valence-corrected chi connectivity index (χ4v) is 7.16. The monoisotopic (exact) mass is 652 g/mol. The van der Waals surface area contributed by atoms with Crippen LogP contribution in [0.4, 0.5) is 0 Å². The lowest BCUT2D eigenvalue weighted by atomic mass is 9.90. The second-order valence-corrected chi connectivity index (χ2v) is 14.6. The molecule has 0 aromatic rings. The first kappa shape index (κ1) is 41.7. The zero-order chi connectivity index (χ0) is 33.6. The van der Waals surface area contributed by atoms with Crippen LogP contribution >= 0.6 is 0 Å². The largest absolute Gasteiger partial charge is 0.346 e. The fourth-order valence-electron chi connectivity index (χ4n) is 7.16. The summed E-state index contributed by atoms with van der Waals surface area (Å²) in [6, 6.07) is 0. The van der Waals surface area contributed by atoms with Crippen molar-refractivity contribution in [3.63, 3.8) is 0 Å². The summed E-state index contributed by atoms with van der Waals surface area (Å²) < 4.78 is 13.5. The van der Waals surface area contributed by atoms with Crippen molar-refractivity contribution in [1.29, 1.82) is 0 Å². The number of ether oxygens (including phenoxy) is 2. The number of hydrogen-bond acceptors (Lipinski definition) is 3. The van der Waals surface area contributed by atoms with Crippen molar-refractivity contribution in [3.05, 3.63) is 60.8 Å². The Balaban J connectivity index is 1.57. The molecule has 0 aromatic heterocycles. The van der Waals surface area contributed by atoms with Gasteiger partial charge in [0.25, 0.3) is 0 Å². The average molecular weight is 652 g/mol. The van der Waals surface area contributed by atoms with Crippen molar-refractivity contribution >= 4 is 0 Å². The molecule has 0 aliphatic carbocycles. The number of allylic oxidation sites excluding steroid dienone is 10. The molecule has 0 amide bonds.